The molecule has 160 valence electrons. The summed E-state index contributed by atoms with van der Waals surface area (Å²) in [6.07, 6.45) is 2.73. The van der Waals surface area contributed by atoms with E-state index in [0.717, 1.165) is 24.8 Å². The molecule has 2 aliphatic heterocycles. The van der Waals surface area contributed by atoms with E-state index >= 15 is 0 Å². The molecule has 8 heteroatoms. The van der Waals surface area contributed by atoms with Crippen molar-refractivity contribution in [3.8, 4) is 11.5 Å². The molecular formula is C22H26N2O5S. The summed E-state index contributed by atoms with van der Waals surface area (Å²) >= 11 is 0. The van der Waals surface area contributed by atoms with Crippen molar-refractivity contribution in [3.63, 3.8) is 0 Å². The lowest BCUT2D eigenvalue weighted by Gasteiger charge is -2.27. The number of amides is 1. The van der Waals surface area contributed by atoms with Crippen molar-refractivity contribution in [2.24, 2.45) is 0 Å². The summed E-state index contributed by atoms with van der Waals surface area (Å²) in [6, 6.07) is 12.0. The second-order valence-electron chi connectivity index (χ2n) is 7.60. The van der Waals surface area contributed by atoms with Crippen molar-refractivity contribution in [3.05, 3.63) is 53.6 Å². The number of sulfonamides is 1. The topological polar surface area (TPSA) is 76.1 Å². The van der Waals surface area contributed by atoms with E-state index in [4.69, 9.17) is 9.47 Å². The van der Waals surface area contributed by atoms with E-state index in [-0.39, 0.29) is 16.4 Å². The maximum absolute atomic E-state index is 13.2. The number of benzene rings is 2. The van der Waals surface area contributed by atoms with Crippen LogP contribution >= 0.6 is 0 Å². The van der Waals surface area contributed by atoms with Crippen LogP contribution in [0, 0.1) is 0 Å². The number of carbonyl (C=O) groups excluding carboxylic acids is 1. The number of fused-ring (bicyclic) bond motifs is 1. The molecule has 0 atom stereocenters. The predicted octanol–water partition coefficient (Wildman–Crippen LogP) is 2.90. The fourth-order valence-electron chi connectivity index (χ4n) is 3.85. The predicted molar refractivity (Wildman–Crippen MR) is 112 cm³/mol. The normalized spacial score (nSPS) is 16.8. The molecule has 1 amide bonds. The van der Waals surface area contributed by atoms with Crippen LogP contribution in [0.3, 0.4) is 0 Å². The molecule has 7 nitrogen and oxygen atoms in total. The summed E-state index contributed by atoms with van der Waals surface area (Å²) < 4.78 is 39.0. The number of hydrogen-bond donors (Lipinski definition) is 0. The number of piperidine rings is 1. The number of hydrogen-bond acceptors (Lipinski definition) is 5. The van der Waals surface area contributed by atoms with Gasteiger partial charge in [0.1, 0.15) is 13.2 Å². The van der Waals surface area contributed by atoms with Gasteiger partial charge in [0.05, 0.1) is 10.5 Å². The van der Waals surface area contributed by atoms with Gasteiger partial charge in [0.2, 0.25) is 10.0 Å². The van der Waals surface area contributed by atoms with E-state index in [9.17, 15) is 13.2 Å². The molecule has 0 bridgehead atoms. The van der Waals surface area contributed by atoms with Crippen LogP contribution in [0.5, 0.6) is 11.5 Å². The minimum Gasteiger partial charge on any atom is -0.486 e. The zero-order valence-corrected chi connectivity index (χ0v) is 17.9. The van der Waals surface area contributed by atoms with E-state index in [1.165, 1.54) is 15.3 Å². The van der Waals surface area contributed by atoms with E-state index in [1.807, 2.05) is 18.2 Å². The van der Waals surface area contributed by atoms with Crippen LogP contribution in [-0.2, 0) is 16.6 Å². The second kappa shape index (κ2) is 8.65. The Hall–Kier alpha value is -2.58. The Morgan fingerprint density at radius 3 is 2.47 bits per heavy atom. The van der Waals surface area contributed by atoms with Crippen molar-refractivity contribution in [1.82, 2.24) is 9.21 Å². The Morgan fingerprint density at radius 2 is 1.70 bits per heavy atom. The summed E-state index contributed by atoms with van der Waals surface area (Å²) in [4.78, 5) is 14.8. The van der Waals surface area contributed by atoms with Crippen molar-refractivity contribution in [2.45, 2.75) is 30.7 Å². The molecule has 2 aliphatic rings. The molecule has 0 aromatic heterocycles. The average Bonchev–Trinajstić information content (AvgIpc) is 2.79. The van der Waals surface area contributed by atoms with Crippen LogP contribution in [0.25, 0.3) is 0 Å². The van der Waals surface area contributed by atoms with Crippen LogP contribution in [0.2, 0.25) is 0 Å². The van der Waals surface area contributed by atoms with Gasteiger partial charge in [-0.3, -0.25) is 4.79 Å². The molecule has 0 aliphatic carbocycles. The first-order valence-corrected chi connectivity index (χ1v) is 11.6. The van der Waals surface area contributed by atoms with Crippen molar-refractivity contribution in [1.29, 1.82) is 0 Å². The van der Waals surface area contributed by atoms with E-state index in [1.54, 1.807) is 25.2 Å². The molecule has 2 heterocycles. The molecular weight excluding hydrogens is 404 g/mol. The molecule has 0 radical (unpaired) electrons. The van der Waals surface area contributed by atoms with Gasteiger partial charge < -0.3 is 14.4 Å². The van der Waals surface area contributed by atoms with Gasteiger partial charge in [0.15, 0.2) is 11.5 Å². The van der Waals surface area contributed by atoms with Gasteiger partial charge in [-0.2, -0.15) is 4.31 Å². The number of ether oxygens (including phenoxy) is 2. The Kier molecular flexibility index (Phi) is 5.97. The molecule has 30 heavy (non-hydrogen) atoms. The molecule has 0 N–H and O–H groups in total. The Morgan fingerprint density at radius 1 is 1.00 bits per heavy atom. The third-order valence-corrected chi connectivity index (χ3v) is 7.38. The third-order valence-electron chi connectivity index (χ3n) is 5.42. The largest absolute Gasteiger partial charge is 0.486 e. The molecule has 4 rings (SSSR count). The molecule has 1 saturated heterocycles. The Bertz CT molecular complexity index is 1030. The van der Waals surface area contributed by atoms with Crippen molar-refractivity contribution >= 4 is 15.9 Å². The lowest BCUT2D eigenvalue weighted by Crippen LogP contribution is -2.37. The van der Waals surface area contributed by atoms with Gasteiger partial charge in [-0.25, -0.2) is 8.42 Å². The quantitative estimate of drug-likeness (QED) is 0.729. The molecule has 0 saturated carbocycles. The van der Waals surface area contributed by atoms with Gasteiger partial charge >= 0.3 is 0 Å². The number of nitrogens with zero attached hydrogens (tertiary/aromatic N) is 2. The highest BCUT2D eigenvalue weighted by molar-refractivity contribution is 7.89. The summed E-state index contributed by atoms with van der Waals surface area (Å²) in [6.45, 7) is 2.34. The summed E-state index contributed by atoms with van der Waals surface area (Å²) in [5.74, 6) is 1.02. The van der Waals surface area contributed by atoms with Crippen LogP contribution in [-0.4, -0.2) is 56.9 Å². The standard InChI is InChI=1S/C22H26N2O5S/c1-23(16-17-9-10-19-20(15-17)29-14-13-28-19)22(25)18-7-3-4-8-21(18)30(26,27)24-11-5-2-6-12-24/h3-4,7-10,15H,2,5-6,11-14,16H2,1H3. The summed E-state index contributed by atoms with van der Waals surface area (Å²) in [5.41, 5.74) is 1.08. The maximum Gasteiger partial charge on any atom is 0.255 e. The smallest absolute Gasteiger partial charge is 0.255 e. The van der Waals surface area contributed by atoms with E-state index in [2.05, 4.69) is 0 Å². The zero-order valence-electron chi connectivity index (χ0n) is 17.0. The van der Waals surface area contributed by atoms with E-state index in [0.29, 0.717) is 44.3 Å². The van der Waals surface area contributed by atoms with Gasteiger partial charge in [-0.1, -0.05) is 24.6 Å². The maximum atomic E-state index is 13.2. The van der Waals surface area contributed by atoms with Crippen LogP contribution in [0.1, 0.15) is 35.2 Å². The molecule has 0 unspecified atom stereocenters. The van der Waals surface area contributed by atoms with Crippen LogP contribution in [0.4, 0.5) is 0 Å². The van der Waals surface area contributed by atoms with E-state index < -0.39 is 10.0 Å². The van der Waals surface area contributed by atoms with Gasteiger partial charge in [-0.05, 0) is 42.7 Å². The Labute approximate surface area is 177 Å². The second-order valence-corrected chi connectivity index (χ2v) is 9.51. The lowest BCUT2D eigenvalue weighted by molar-refractivity contribution is 0.0780. The fourth-order valence-corrected chi connectivity index (χ4v) is 5.55. The average molecular weight is 431 g/mol. The van der Waals surface area contributed by atoms with Gasteiger partial charge in [0.25, 0.3) is 5.91 Å². The SMILES string of the molecule is CN(Cc1ccc2c(c1)OCCO2)C(=O)c1ccccc1S(=O)(=O)N1CCCCC1. The first kappa shape index (κ1) is 20.7. The van der Waals surface area contributed by atoms with Crippen molar-refractivity contribution in [2.75, 3.05) is 33.4 Å². The lowest BCUT2D eigenvalue weighted by atomic mass is 10.1. The van der Waals surface area contributed by atoms with Crippen molar-refractivity contribution < 1.29 is 22.7 Å². The zero-order chi connectivity index (χ0) is 21.1. The third kappa shape index (κ3) is 4.15. The monoisotopic (exact) mass is 430 g/mol. The Balaban J connectivity index is 1.56. The number of rotatable bonds is 5. The minimum absolute atomic E-state index is 0.0749. The molecule has 2 aromatic carbocycles. The summed E-state index contributed by atoms with van der Waals surface area (Å²) in [5, 5.41) is 0. The highest BCUT2D eigenvalue weighted by Gasteiger charge is 2.30. The van der Waals surface area contributed by atoms with Gasteiger partial charge in [0, 0.05) is 26.7 Å². The first-order valence-electron chi connectivity index (χ1n) is 10.2. The highest BCUT2D eigenvalue weighted by Crippen LogP contribution is 2.31. The molecule has 0 spiro atoms. The highest BCUT2D eigenvalue weighted by atomic mass is 32.2. The number of carbonyl (C=O) groups is 1. The van der Waals surface area contributed by atoms with Crippen LogP contribution in [0.15, 0.2) is 47.4 Å². The fraction of sp³-hybridized carbons (Fsp3) is 0.409. The van der Waals surface area contributed by atoms with Gasteiger partial charge in [-0.15, -0.1) is 0 Å². The summed E-state index contributed by atoms with van der Waals surface area (Å²) in [7, 11) is -2.04. The molecule has 2 aromatic rings. The molecule has 1 fully saturated rings. The first-order chi connectivity index (χ1) is 14.5. The van der Waals surface area contributed by atoms with Crippen LogP contribution < -0.4 is 9.47 Å². The minimum atomic E-state index is -3.71.